The monoisotopic (exact) mass is 268 g/mol. The van der Waals surface area contributed by atoms with Crippen LogP contribution in [0.5, 0.6) is 0 Å². The first kappa shape index (κ1) is 11.2. The Morgan fingerprint density at radius 3 is 3.05 bits per heavy atom. The lowest BCUT2D eigenvalue weighted by atomic mass is 10.0. The summed E-state index contributed by atoms with van der Waals surface area (Å²) < 4.78 is 19.0. The number of amides is 1. The molecule has 5 heteroatoms. The van der Waals surface area contributed by atoms with E-state index >= 15 is 0 Å². The zero-order valence-corrected chi connectivity index (χ0v) is 10.3. The van der Waals surface area contributed by atoms with E-state index in [0.717, 1.165) is 11.3 Å². The van der Waals surface area contributed by atoms with Gasteiger partial charge >= 0.3 is 0 Å². The van der Waals surface area contributed by atoms with Gasteiger partial charge in [0, 0.05) is 23.0 Å². The van der Waals surface area contributed by atoms with Gasteiger partial charge in [-0.05, 0) is 30.3 Å². The van der Waals surface area contributed by atoms with E-state index in [1.54, 1.807) is 18.3 Å². The normalized spacial score (nSPS) is 19.4. The van der Waals surface area contributed by atoms with Crippen LogP contribution >= 0.6 is 0 Å². The number of carbonyl (C=O) groups is 1. The van der Waals surface area contributed by atoms with Gasteiger partial charge < -0.3 is 10.1 Å². The molecule has 0 saturated heterocycles. The predicted octanol–water partition coefficient (Wildman–Crippen LogP) is 2.57. The van der Waals surface area contributed by atoms with Crippen LogP contribution in [0.1, 0.15) is 16.8 Å². The van der Waals surface area contributed by atoms with Gasteiger partial charge in [-0.3, -0.25) is 9.78 Å². The predicted molar refractivity (Wildman–Crippen MR) is 70.9 cm³/mol. The number of fused-ring (bicyclic) bond motifs is 2. The molecule has 0 fully saturated rings. The average Bonchev–Trinajstić information content (AvgIpc) is 2.99. The molecule has 4 rings (SSSR count). The highest BCUT2D eigenvalue weighted by Gasteiger charge is 2.32. The van der Waals surface area contributed by atoms with Gasteiger partial charge in [-0.25, -0.2) is 4.39 Å². The Labute approximate surface area is 113 Å². The first-order valence-corrected chi connectivity index (χ1v) is 6.16. The highest BCUT2D eigenvalue weighted by atomic mass is 19.1. The SMILES string of the molecule is O=C1Nc2ccc(F)cc2/C1=C1\OCc2ncccc21. The van der Waals surface area contributed by atoms with E-state index in [4.69, 9.17) is 4.74 Å². The summed E-state index contributed by atoms with van der Waals surface area (Å²) in [5.41, 5.74) is 3.07. The number of rotatable bonds is 0. The molecule has 2 aliphatic heterocycles. The summed E-state index contributed by atoms with van der Waals surface area (Å²) >= 11 is 0. The Hall–Kier alpha value is -2.69. The van der Waals surface area contributed by atoms with Crippen molar-refractivity contribution < 1.29 is 13.9 Å². The van der Waals surface area contributed by atoms with Gasteiger partial charge in [-0.15, -0.1) is 0 Å². The van der Waals surface area contributed by atoms with Crippen LogP contribution in [-0.2, 0) is 16.1 Å². The molecule has 3 heterocycles. The van der Waals surface area contributed by atoms with Crippen molar-refractivity contribution in [2.45, 2.75) is 6.61 Å². The van der Waals surface area contributed by atoms with Gasteiger partial charge in [0.15, 0.2) is 0 Å². The molecule has 2 aliphatic rings. The van der Waals surface area contributed by atoms with Crippen molar-refractivity contribution in [3.8, 4) is 0 Å². The Kier molecular flexibility index (Phi) is 2.18. The van der Waals surface area contributed by atoms with Crippen LogP contribution in [0, 0.1) is 5.82 Å². The zero-order chi connectivity index (χ0) is 13.7. The first-order valence-electron chi connectivity index (χ1n) is 6.16. The Morgan fingerprint density at radius 1 is 1.25 bits per heavy atom. The molecule has 1 aromatic carbocycles. The maximum Gasteiger partial charge on any atom is 0.260 e. The number of carbonyl (C=O) groups excluding carboxylic acids is 1. The molecule has 0 saturated carbocycles. The summed E-state index contributed by atoms with van der Waals surface area (Å²) in [6, 6.07) is 7.84. The molecule has 1 N–H and O–H groups in total. The largest absolute Gasteiger partial charge is 0.486 e. The summed E-state index contributed by atoms with van der Waals surface area (Å²) in [6.45, 7) is 0.326. The van der Waals surface area contributed by atoms with Crippen molar-refractivity contribution in [1.29, 1.82) is 0 Å². The second kappa shape index (κ2) is 3.90. The van der Waals surface area contributed by atoms with Gasteiger partial charge in [0.05, 0.1) is 11.3 Å². The van der Waals surface area contributed by atoms with Crippen molar-refractivity contribution in [1.82, 2.24) is 4.98 Å². The van der Waals surface area contributed by atoms with E-state index in [1.165, 1.54) is 12.1 Å². The summed E-state index contributed by atoms with van der Waals surface area (Å²) in [7, 11) is 0. The molecule has 0 radical (unpaired) electrons. The molecular formula is C15H9FN2O2. The molecule has 2 aromatic rings. The smallest absolute Gasteiger partial charge is 0.260 e. The van der Waals surface area contributed by atoms with Crippen LogP contribution in [0.15, 0.2) is 36.5 Å². The highest BCUT2D eigenvalue weighted by Crippen LogP contribution is 2.41. The van der Waals surface area contributed by atoms with E-state index in [2.05, 4.69) is 10.3 Å². The van der Waals surface area contributed by atoms with E-state index in [9.17, 15) is 9.18 Å². The number of aromatic nitrogens is 1. The summed E-state index contributed by atoms with van der Waals surface area (Å²) in [4.78, 5) is 16.4. The van der Waals surface area contributed by atoms with Gasteiger partial charge in [-0.1, -0.05) is 0 Å². The zero-order valence-electron chi connectivity index (χ0n) is 10.3. The van der Waals surface area contributed by atoms with Crippen LogP contribution in [0.25, 0.3) is 11.3 Å². The molecule has 1 amide bonds. The highest BCUT2D eigenvalue weighted by molar-refractivity contribution is 6.36. The average molecular weight is 268 g/mol. The van der Waals surface area contributed by atoms with Crippen molar-refractivity contribution in [3.05, 3.63) is 59.2 Å². The third-order valence-electron chi connectivity index (χ3n) is 3.44. The van der Waals surface area contributed by atoms with Crippen molar-refractivity contribution in [3.63, 3.8) is 0 Å². The lowest BCUT2D eigenvalue weighted by Gasteiger charge is -2.04. The van der Waals surface area contributed by atoms with Gasteiger partial charge in [0.2, 0.25) is 0 Å². The van der Waals surface area contributed by atoms with Crippen molar-refractivity contribution in [2.75, 3.05) is 5.32 Å². The number of pyridine rings is 1. The van der Waals surface area contributed by atoms with Crippen molar-refractivity contribution >= 4 is 22.9 Å². The number of hydrogen-bond acceptors (Lipinski definition) is 3. The maximum atomic E-state index is 13.4. The molecule has 0 bridgehead atoms. The molecule has 4 nitrogen and oxygen atoms in total. The van der Waals surface area contributed by atoms with Crippen LogP contribution in [0.4, 0.5) is 10.1 Å². The van der Waals surface area contributed by atoms with Gasteiger partial charge in [0.25, 0.3) is 5.91 Å². The van der Waals surface area contributed by atoms with Crippen LogP contribution in [-0.4, -0.2) is 10.9 Å². The van der Waals surface area contributed by atoms with Gasteiger partial charge in [-0.2, -0.15) is 0 Å². The number of ether oxygens (including phenoxy) is 1. The number of nitrogens with zero attached hydrogens (tertiary/aromatic N) is 1. The summed E-state index contributed by atoms with van der Waals surface area (Å²) in [5, 5.41) is 2.72. The Bertz CT molecular complexity index is 783. The molecule has 98 valence electrons. The minimum absolute atomic E-state index is 0.280. The molecular weight excluding hydrogens is 259 g/mol. The number of anilines is 1. The van der Waals surface area contributed by atoms with Crippen LogP contribution in [0.2, 0.25) is 0 Å². The second-order valence-corrected chi connectivity index (χ2v) is 4.63. The third kappa shape index (κ3) is 1.46. The fraction of sp³-hybridized carbons (Fsp3) is 0.0667. The summed E-state index contributed by atoms with van der Waals surface area (Å²) in [5.74, 6) is -0.199. The lowest BCUT2D eigenvalue weighted by Crippen LogP contribution is -2.05. The quantitative estimate of drug-likeness (QED) is 0.747. The second-order valence-electron chi connectivity index (χ2n) is 4.63. The molecule has 20 heavy (non-hydrogen) atoms. The van der Waals surface area contributed by atoms with E-state index in [0.29, 0.717) is 29.2 Å². The molecule has 0 atom stereocenters. The number of benzene rings is 1. The van der Waals surface area contributed by atoms with Crippen LogP contribution < -0.4 is 5.32 Å². The number of hydrogen-bond donors (Lipinski definition) is 1. The molecule has 0 unspecified atom stereocenters. The number of halogens is 1. The van der Waals surface area contributed by atoms with Crippen LogP contribution in [0.3, 0.4) is 0 Å². The lowest BCUT2D eigenvalue weighted by molar-refractivity contribution is -0.110. The fourth-order valence-corrected chi connectivity index (χ4v) is 2.55. The van der Waals surface area contributed by atoms with E-state index in [1.807, 2.05) is 6.07 Å². The molecule has 0 aliphatic carbocycles. The Morgan fingerprint density at radius 2 is 2.15 bits per heavy atom. The molecule has 1 aromatic heterocycles. The maximum absolute atomic E-state index is 13.4. The van der Waals surface area contributed by atoms with E-state index in [-0.39, 0.29) is 11.7 Å². The Balaban J connectivity index is 1.98. The minimum Gasteiger partial charge on any atom is -0.486 e. The fourth-order valence-electron chi connectivity index (χ4n) is 2.55. The topological polar surface area (TPSA) is 51.2 Å². The summed E-state index contributed by atoms with van der Waals surface area (Å²) in [6.07, 6.45) is 1.68. The van der Waals surface area contributed by atoms with E-state index < -0.39 is 0 Å². The van der Waals surface area contributed by atoms with Crippen molar-refractivity contribution in [2.24, 2.45) is 0 Å². The number of nitrogens with one attached hydrogen (secondary N) is 1. The standard InChI is InChI=1S/C15H9FN2O2/c16-8-3-4-11-10(6-8)13(15(19)18-11)14-9-2-1-5-17-12(9)7-20-14/h1-6H,7H2,(H,18,19)/b14-13+. The third-order valence-corrected chi connectivity index (χ3v) is 3.44. The first-order chi connectivity index (χ1) is 9.74. The minimum atomic E-state index is -0.386. The molecule has 0 spiro atoms. The van der Waals surface area contributed by atoms with Gasteiger partial charge in [0.1, 0.15) is 18.2 Å².